The van der Waals surface area contributed by atoms with E-state index in [1.165, 1.54) is 0 Å². The van der Waals surface area contributed by atoms with E-state index in [2.05, 4.69) is 41.2 Å². The number of fused-ring (bicyclic) bond motifs is 5. The van der Waals surface area contributed by atoms with E-state index < -0.39 is 17.5 Å². The molecule has 0 bridgehead atoms. The van der Waals surface area contributed by atoms with Crippen LogP contribution in [-0.4, -0.2) is 27.0 Å². The average molecular weight is 473 g/mol. The number of aryl methyl sites for hydroxylation is 1. The summed E-state index contributed by atoms with van der Waals surface area (Å²) in [6, 6.07) is 24.9. The third-order valence-electron chi connectivity index (χ3n) is 7.26. The first-order chi connectivity index (χ1) is 17.5. The molecule has 1 unspecified atom stereocenters. The van der Waals surface area contributed by atoms with Crippen LogP contribution in [0.5, 0.6) is 0 Å². The smallest absolute Gasteiger partial charge is 0.340 e. The molecule has 6 nitrogen and oxygen atoms in total. The van der Waals surface area contributed by atoms with Crippen molar-refractivity contribution in [1.82, 2.24) is 9.97 Å². The Labute approximate surface area is 205 Å². The van der Waals surface area contributed by atoms with Crippen molar-refractivity contribution >= 4 is 44.6 Å². The van der Waals surface area contributed by atoms with Gasteiger partial charge in [-0.15, -0.1) is 0 Å². The van der Waals surface area contributed by atoms with Crippen molar-refractivity contribution < 1.29 is 19.4 Å². The number of carboxylic acid groups (broad SMARTS) is 1. The van der Waals surface area contributed by atoms with Crippen molar-refractivity contribution in [2.45, 2.75) is 12.5 Å². The number of nitrogens with one attached hydrogen (secondary N) is 2. The lowest BCUT2D eigenvalue weighted by atomic mass is 9.79. The van der Waals surface area contributed by atoms with Crippen LogP contribution >= 0.6 is 0 Å². The standard InChI is InChI=1S/C30H20N2O4/c1-16-9-11-25-21(13-16)22-14-17(10-12-26(22)32-25)30(23-8-3-2-5-19(23)29(35)36-30)24-15-31-27-18(24)6-4-7-20(27)28(33)34/h2-15,31-32H,1H3,(H,33,34). The zero-order valence-corrected chi connectivity index (χ0v) is 19.3. The molecule has 7 rings (SSSR count). The van der Waals surface area contributed by atoms with Crippen LogP contribution in [0.2, 0.25) is 0 Å². The largest absolute Gasteiger partial charge is 0.478 e. The van der Waals surface area contributed by atoms with Crippen LogP contribution in [0, 0.1) is 6.92 Å². The Morgan fingerprint density at radius 2 is 1.64 bits per heavy atom. The number of aromatic nitrogens is 2. The average Bonchev–Trinajstić information content (AvgIpc) is 3.56. The molecule has 0 aliphatic carbocycles. The first-order valence-corrected chi connectivity index (χ1v) is 11.7. The molecule has 1 aliphatic rings. The zero-order chi connectivity index (χ0) is 24.6. The fraction of sp³-hybridized carbons (Fsp3) is 0.0667. The molecule has 1 aliphatic heterocycles. The summed E-state index contributed by atoms with van der Waals surface area (Å²) in [7, 11) is 0. The summed E-state index contributed by atoms with van der Waals surface area (Å²) in [4.78, 5) is 31.7. The zero-order valence-electron chi connectivity index (χ0n) is 19.3. The normalized spacial score (nSPS) is 17.1. The third-order valence-corrected chi connectivity index (χ3v) is 7.26. The van der Waals surface area contributed by atoms with E-state index in [1.54, 1.807) is 24.4 Å². The molecule has 3 heterocycles. The van der Waals surface area contributed by atoms with Gasteiger partial charge in [0.05, 0.1) is 16.6 Å². The van der Waals surface area contributed by atoms with Gasteiger partial charge in [0.2, 0.25) is 0 Å². The molecular formula is C30H20N2O4. The number of benzene rings is 4. The Morgan fingerprint density at radius 1 is 0.861 bits per heavy atom. The summed E-state index contributed by atoms with van der Waals surface area (Å²) in [5.74, 6) is -1.44. The van der Waals surface area contributed by atoms with Crippen LogP contribution < -0.4 is 0 Å². The molecule has 2 aromatic heterocycles. The molecular weight excluding hydrogens is 452 g/mol. The molecule has 6 aromatic rings. The van der Waals surface area contributed by atoms with E-state index in [-0.39, 0.29) is 5.56 Å². The minimum absolute atomic E-state index is 0.161. The Kier molecular flexibility index (Phi) is 4.04. The van der Waals surface area contributed by atoms with E-state index in [9.17, 15) is 14.7 Å². The predicted octanol–water partition coefficient (Wildman–Crippen LogP) is 6.27. The molecule has 1 atom stereocenters. The number of carbonyl (C=O) groups excluding carboxylic acids is 1. The Hall–Kier alpha value is -4.84. The van der Waals surface area contributed by atoms with Gasteiger partial charge in [0, 0.05) is 50.1 Å². The molecule has 0 fully saturated rings. The van der Waals surface area contributed by atoms with Crippen LogP contribution in [0.25, 0.3) is 32.7 Å². The van der Waals surface area contributed by atoms with E-state index >= 15 is 0 Å². The molecule has 3 N–H and O–H groups in total. The minimum Gasteiger partial charge on any atom is -0.478 e. The lowest BCUT2D eigenvalue weighted by molar-refractivity contribution is 0.0256. The second-order valence-electron chi connectivity index (χ2n) is 9.29. The van der Waals surface area contributed by atoms with Gasteiger partial charge in [-0.2, -0.15) is 0 Å². The number of hydrogen-bond donors (Lipinski definition) is 3. The van der Waals surface area contributed by atoms with Gasteiger partial charge in [-0.3, -0.25) is 0 Å². The lowest BCUT2D eigenvalue weighted by Crippen LogP contribution is -2.29. The summed E-state index contributed by atoms with van der Waals surface area (Å²) in [5.41, 5.74) is 5.28. The van der Waals surface area contributed by atoms with E-state index in [0.717, 1.165) is 38.5 Å². The minimum atomic E-state index is -1.25. The molecule has 0 amide bonds. The highest BCUT2D eigenvalue weighted by atomic mass is 16.6. The van der Waals surface area contributed by atoms with E-state index in [0.29, 0.717) is 22.0 Å². The number of carboxylic acids is 1. The van der Waals surface area contributed by atoms with Crippen LogP contribution in [0.3, 0.4) is 0 Å². The van der Waals surface area contributed by atoms with Gasteiger partial charge >= 0.3 is 11.9 Å². The Balaban J connectivity index is 1.59. The second-order valence-corrected chi connectivity index (χ2v) is 9.29. The number of aromatic amines is 2. The van der Waals surface area contributed by atoms with Crippen molar-refractivity contribution in [3.8, 4) is 0 Å². The summed E-state index contributed by atoms with van der Waals surface area (Å²) < 4.78 is 6.30. The van der Waals surface area contributed by atoms with Crippen LogP contribution in [-0.2, 0) is 10.3 Å². The highest BCUT2D eigenvalue weighted by molar-refractivity contribution is 6.08. The number of hydrogen-bond acceptors (Lipinski definition) is 3. The maximum absolute atomic E-state index is 13.2. The highest BCUT2D eigenvalue weighted by Crippen LogP contribution is 2.50. The molecule has 0 radical (unpaired) electrons. The molecule has 0 saturated heterocycles. The number of cyclic esters (lactones) is 1. The van der Waals surface area contributed by atoms with Gasteiger partial charge in [0.25, 0.3) is 0 Å². The Morgan fingerprint density at radius 3 is 2.47 bits per heavy atom. The predicted molar refractivity (Wildman–Crippen MR) is 138 cm³/mol. The first-order valence-electron chi connectivity index (χ1n) is 11.7. The maximum Gasteiger partial charge on any atom is 0.340 e. The second kappa shape index (κ2) is 7.09. The van der Waals surface area contributed by atoms with Crippen molar-refractivity contribution in [2.75, 3.05) is 0 Å². The van der Waals surface area contributed by atoms with Crippen molar-refractivity contribution in [1.29, 1.82) is 0 Å². The fourth-order valence-corrected chi connectivity index (χ4v) is 5.64. The van der Waals surface area contributed by atoms with Crippen LogP contribution in [0.15, 0.2) is 85.1 Å². The van der Waals surface area contributed by atoms with Gasteiger partial charge in [-0.25, -0.2) is 9.59 Å². The van der Waals surface area contributed by atoms with Gasteiger partial charge in [-0.05, 0) is 43.3 Å². The van der Waals surface area contributed by atoms with E-state index in [1.807, 2.05) is 36.4 Å². The molecule has 0 saturated carbocycles. The third kappa shape index (κ3) is 2.61. The van der Waals surface area contributed by atoms with Gasteiger partial charge in [0.15, 0.2) is 5.60 Å². The molecule has 0 spiro atoms. The number of H-pyrrole nitrogens is 2. The quantitative estimate of drug-likeness (QED) is 0.265. The monoisotopic (exact) mass is 472 g/mol. The maximum atomic E-state index is 13.2. The molecule has 36 heavy (non-hydrogen) atoms. The summed E-state index contributed by atoms with van der Waals surface area (Å²) in [5, 5.41) is 12.6. The van der Waals surface area contributed by atoms with E-state index in [4.69, 9.17) is 4.74 Å². The van der Waals surface area contributed by atoms with Crippen molar-refractivity contribution in [3.05, 3.63) is 118 Å². The number of carbonyl (C=O) groups is 2. The number of aromatic carboxylic acids is 1. The van der Waals surface area contributed by atoms with Gasteiger partial charge in [-0.1, -0.05) is 48.0 Å². The molecule has 174 valence electrons. The molecule has 6 heteroatoms. The summed E-state index contributed by atoms with van der Waals surface area (Å²) >= 11 is 0. The Bertz CT molecular complexity index is 1890. The van der Waals surface area contributed by atoms with Crippen molar-refractivity contribution in [3.63, 3.8) is 0 Å². The van der Waals surface area contributed by atoms with Gasteiger partial charge < -0.3 is 19.8 Å². The lowest BCUT2D eigenvalue weighted by Gasteiger charge is -2.30. The number of esters is 1. The summed E-state index contributed by atoms with van der Waals surface area (Å²) in [6.45, 7) is 2.06. The number of rotatable bonds is 3. The molecule has 4 aromatic carbocycles. The topological polar surface area (TPSA) is 95.2 Å². The fourth-order valence-electron chi connectivity index (χ4n) is 5.64. The van der Waals surface area contributed by atoms with Gasteiger partial charge in [0.1, 0.15) is 0 Å². The van der Waals surface area contributed by atoms with Crippen molar-refractivity contribution in [2.24, 2.45) is 0 Å². The highest BCUT2D eigenvalue weighted by Gasteiger charge is 2.50. The summed E-state index contributed by atoms with van der Waals surface area (Å²) in [6.07, 6.45) is 1.76. The van der Waals surface area contributed by atoms with Crippen LogP contribution in [0.4, 0.5) is 0 Å². The number of ether oxygens (including phenoxy) is 1. The SMILES string of the molecule is Cc1ccc2[nH]c3ccc(C4(c5c[nH]c6c(C(=O)O)cccc56)OC(=O)c5ccccc54)cc3c2c1. The first kappa shape index (κ1) is 20.5. The van der Waals surface area contributed by atoms with Crippen LogP contribution in [0.1, 0.15) is 43.0 Å². The number of para-hydroxylation sites is 1.